The number of esters is 1. The Hall–Kier alpha value is -0.830. The lowest BCUT2D eigenvalue weighted by atomic mass is 10.2. The number of nitrogens with one attached hydrogen (secondary N) is 1. The van der Waals surface area contributed by atoms with Crippen molar-refractivity contribution < 1.29 is 9.53 Å². The summed E-state index contributed by atoms with van der Waals surface area (Å²) in [4.78, 5) is 17.6. The Kier molecular flexibility index (Phi) is 12.1. The van der Waals surface area contributed by atoms with E-state index >= 15 is 0 Å². The zero-order chi connectivity index (χ0) is 16.4. The molecule has 1 aromatic carbocycles. The maximum Gasteiger partial charge on any atom is 0.305 e. The molecule has 5 nitrogen and oxygen atoms in total. The molecule has 130 valence electrons. The van der Waals surface area contributed by atoms with Crippen molar-refractivity contribution in [1.29, 1.82) is 0 Å². The zero-order valence-corrected chi connectivity index (χ0v) is 17.8. The lowest BCUT2D eigenvalue weighted by Gasteiger charge is -2.22. The second-order valence-electron chi connectivity index (χ2n) is 4.87. The van der Waals surface area contributed by atoms with Crippen molar-refractivity contribution in [2.45, 2.75) is 26.3 Å². The quantitative estimate of drug-likeness (QED) is 0.206. The molecule has 0 atom stereocenters. The Morgan fingerprint density at radius 3 is 2.57 bits per heavy atom. The minimum Gasteiger partial charge on any atom is -0.466 e. The predicted octanol–water partition coefficient (Wildman–Crippen LogP) is 3.42. The summed E-state index contributed by atoms with van der Waals surface area (Å²) in [6.45, 7) is 3.71. The SMILES string of the molecule is CCOC(=O)CCCNC(=NC)N(C)Cc1ccc(Br)cc1.I. The molecule has 0 spiro atoms. The fourth-order valence-electron chi connectivity index (χ4n) is 1.99. The highest BCUT2D eigenvalue weighted by atomic mass is 127. The highest BCUT2D eigenvalue weighted by Crippen LogP contribution is 2.11. The first-order valence-corrected chi connectivity index (χ1v) is 8.18. The van der Waals surface area contributed by atoms with Gasteiger partial charge in [-0.05, 0) is 31.0 Å². The van der Waals surface area contributed by atoms with Gasteiger partial charge < -0.3 is 15.0 Å². The summed E-state index contributed by atoms with van der Waals surface area (Å²) in [6, 6.07) is 8.21. The summed E-state index contributed by atoms with van der Waals surface area (Å²) in [7, 11) is 3.74. The van der Waals surface area contributed by atoms with E-state index in [1.54, 1.807) is 7.05 Å². The minimum atomic E-state index is -0.150. The Morgan fingerprint density at radius 1 is 1.35 bits per heavy atom. The van der Waals surface area contributed by atoms with Gasteiger partial charge in [-0.1, -0.05) is 28.1 Å². The van der Waals surface area contributed by atoms with Crippen LogP contribution < -0.4 is 5.32 Å². The van der Waals surface area contributed by atoms with Gasteiger partial charge in [0.15, 0.2) is 5.96 Å². The standard InChI is InChI=1S/C16H24BrN3O2.HI/c1-4-22-15(21)6-5-11-19-16(18-2)20(3)12-13-7-9-14(17)10-8-13;/h7-10H,4-6,11-12H2,1-3H3,(H,18,19);1H. The molecule has 0 amide bonds. The van der Waals surface area contributed by atoms with Crippen molar-refractivity contribution in [2.75, 3.05) is 27.2 Å². The molecule has 0 aliphatic carbocycles. The Labute approximate surface area is 164 Å². The summed E-state index contributed by atoms with van der Waals surface area (Å²) in [5.41, 5.74) is 1.21. The maximum atomic E-state index is 11.3. The first-order valence-electron chi connectivity index (χ1n) is 7.38. The number of guanidine groups is 1. The fraction of sp³-hybridized carbons (Fsp3) is 0.500. The van der Waals surface area contributed by atoms with Gasteiger partial charge in [-0.3, -0.25) is 9.79 Å². The molecule has 0 saturated carbocycles. The van der Waals surface area contributed by atoms with E-state index < -0.39 is 0 Å². The number of rotatable bonds is 7. The van der Waals surface area contributed by atoms with Crippen LogP contribution in [-0.2, 0) is 16.1 Å². The van der Waals surface area contributed by atoms with Crippen molar-refractivity contribution in [3.8, 4) is 0 Å². The lowest BCUT2D eigenvalue weighted by Crippen LogP contribution is -2.39. The van der Waals surface area contributed by atoms with E-state index in [0.29, 0.717) is 19.6 Å². The van der Waals surface area contributed by atoms with Crippen LogP contribution in [0.2, 0.25) is 0 Å². The third kappa shape index (κ3) is 9.14. The van der Waals surface area contributed by atoms with Crippen LogP contribution in [0.25, 0.3) is 0 Å². The topological polar surface area (TPSA) is 53.9 Å². The van der Waals surface area contributed by atoms with E-state index in [0.717, 1.165) is 23.4 Å². The van der Waals surface area contributed by atoms with Crippen LogP contribution in [0.4, 0.5) is 0 Å². The number of carbonyl (C=O) groups is 1. The van der Waals surface area contributed by atoms with E-state index in [9.17, 15) is 4.79 Å². The molecule has 0 heterocycles. The molecule has 0 aliphatic rings. The molecule has 23 heavy (non-hydrogen) atoms. The van der Waals surface area contributed by atoms with Gasteiger partial charge in [-0.15, -0.1) is 24.0 Å². The summed E-state index contributed by atoms with van der Waals surface area (Å²) in [5, 5.41) is 3.26. The summed E-state index contributed by atoms with van der Waals surface area (Å²) in [6.07, 6.45) is 1.15. The number of hydrogen-bond donors (Lipinski definition) is 1. The molecule has 0 saturated heterocycles. The summed E-state index contributed by atoms with van der Waals surface area (Å²) >= 11 is 3.43. The van der Waals surface area contributed by atoms with Crippen LogP contribution in [0, 0.1) is 0 Å². The highest BCUT2D eigenvalue weighted by Gasteiger charge is 2.07. The van der Waals surface area contributed by atoms with Gasteiger partial charge in [0.05, 0.1) is 6.61 Å². The molecule has 7 heteroatoms. The van der Waals surface area contributed by atoms with Crippen LogP contribution in [0.1, 0.15) is 25.3 Å². The van der Waals surface area contributed by atoms with Crippen molar-refractivity contribution in [2.24, 2.45) is 4.99 Å². The number of ether oxygens (including phenoxy) is 1. The molecule has 0 aliphatic heterocycles. The minimum absolute atomic E-state index is 0. The number of halogens is 2. The number of benzene rings is 1. The van der Waals surface area contributed by atoms with Crippen molar-refractivity contribution >= 4 is 51.8 Å². The first-order chi connectivity index (χ1) is 10.6. The van der Waals surface area contributed by atoms with Gasteiger partial charge in [0.2, 0.25) is 0 Å². The van der Waals surface area contributed by atoms with Crippen LogP contribution in [0.5, 0.6) is 0 Å². The van der Waals surface area contributed by atoms with E-state index in [1.807, 2.05) is 31.0 Å². The third-order valence-electron chi connectivity index (χ3n) is 3.05. The van der Waals surface area contributed by atoms with Crippen molar-refractivity contribution in [1.82, 2.24) is 10.2 Å². The molecule has 0 radical (unpaired) electrons. The molecular formula is C16H25BrIN3O2. The largest absolute Gasteiger partial charge is 0.466 e. The average molecular weight is 498 g/mol. The Bertz CT molecular complexity index is 495. The molecular weight excluding hydrogens is 473 g/mol. The predicted molar refractivity (Wildman–Crippen MR) is 108 cm³/mol. The normalized spacial score (nSPS) is 10.7. The van der Waals surface area contributed by atoms with Crippen LogP contribution in [0.3, 0.4) is 0 Å². The van der Waals surface area contributed by atoms with Crippen LogP contribution in [0.15, 0.2) is 33.7 Å². The van der Waals surface area contributed by atoms with E-state index in [2.05, 4.69) is 38.4 Å². The Balaban J connectivity index is 0.00000484. The molecule has 1 N–H and O–H groups in total. The van der Waals surface area contributed by atoms with Crippen molar-refractivity contribution in [3.05, 3.63) is 34.3 Å². The average Bonchev–Trinajstić information content (AvgIpc) is 2.50. The Morgan fingerprint density at radius 2 is 2.00 bits per heavy atom. The number of nitrogens with zero attached hydrogens (tertiary/aromatic N) is 2. The van der Waals surface area contributed by atoms with Crippen LogP contribution in [-0.4, -0.2) is 44.1 Å². The molecule has 0 unspecified atom stereocenters. The zero-order valence-electron chi connectivity index (χ0n) is 13.8. The van der Waals surface area contributed by atoms with Gasteiger partial charge >= 0.3 is 5.97 Å². The van der Waals surface area contributed by atoms with Crippen LogP contribution >= 0.6 is 39.9 Å². The molecule has 0 fully saturated rings. The summed E-state index contributed by atoms with van der Waals surface area (Å²) in [5.74, 6) is 0.661. The third-order valence-corrected chi connectivity index (χ3v) is 3.58. The molecule has 1 aromatic rings. The van der Waals surface area contributed by atoms with Gasteiger partial charge in [0.1, 0.15) is 0 Å². The van der Waals surface area contributed by atoms with E-state index in [1.165, 1.54) is 5.56 Å². The number of hydrogen-bond acceptors (Lipinski definition) is 3. The smallest absolute Gasteiger partial charge is 0.305 e. The van der Waals surface area contributed by atoms with Gasteiger partial charge in [0.25, 0.3) is 0 Å². The van der Waals surface area contributed by atoms with Gasteiger partial charge in [-0.2, -0.15) is 0 Å². The monoisotopic (exact) mass is 497 g/mol. The lowest BCUT2D eigenvalue weighted by molar-refractivity contribution is -0.143. The maximum absolute atomic E-state index is 11.3. The van der Waals surface area contributed by atoms with Crippen molar-refractivity contribution in [3.63, 3.8) is 0 Å². The summed E-state index contributed by atoms with van der Waals surface area (Å²) < 4.78 is 5.97. The number of carbonyl (C=O) groups excluding carboxylic acids is 1. The van der Waals surface area contributed by atoms with Gasteiger partial charge in [0, 0.05) is 38.1 Å². The first kappa shape index (κ1) is 22.2. The fourth-order valence-corrected chi connectivity index (χ4v) is 2.25. The van der Waals surface area contributed by atoms with Gasteiger partial charge in [-0.25, -0.2) is 0 Å². The molecule has 1 rings (SSSR count). The van der Waals surface area contributed by atoms with E-state index in [-0.39, 0.29) is 29.9 Å². The molecule has 0 aromatic heterocycles. The highest BCUT2D eigenvalue weighted by molar-refractivity contribution is 14.0. The van der Waals surface area contributed by atoms with E-state index in [4.69, 9.17) is 4.74 Å². The second-order valence-corrected chi connectivity index (χ2v) is 5.78. The molecule has 0 bridgehead atoms. The second kappa shape index (κ2) is 12.6. The number of aliphatic imine (C=N–C) groups is 1.